The number of carboxylic acids is 6. The van der Waals surface area contributed by atoms with Crippen LogP contribution in [0.1, 0.15) is 19.3 Å². The van der Waals surface area contributed by atoms with E-state index in [9.17, 15) is 79.5 Å². The Morgan fingerprint density at radius 2 is 0.769 bits per heavy atom. The summed E-state index contributed by atoms with van der Waals surface area (Å²) in [4.78, 5) is 96.4. The molecule has 1 amide bonds. The lowest BCUT2D eigenvalue weighted by Crippen LogP contribution is -2.51. The fourth-order valence-electron chi connectivity index (χ4n) is 7.83. The first-order chi connectivity index (χ1) is 30.7. The number of carbonyl (C=O) groups is 7. The molecule has 2 unspecified atom stereocenters. The molecule has 25 heteroatoms. The predicted octanol–water partition coefficient (Wildman–Crippen LogP) is -3.63. The topological polar surface area (TPSA) is 331 Å². The van der Waals surface area contributed by atoms with Gasteiger partial charge in [-0.3, -0.25) is 68.0 Å². The van der Waals surface area contributed by atoms with Gasteiger partial charge in [-0.05, 0) is 25.8 Å². The van der Waals surface area contributed by atoms with Crippen LogP contribution in [0.3, 0.4) is 0 Å². The van der Waals surface area contributed by atoms with Gasteiger partial charge in [-0.25, -0.2) is 4.79 Å². The number of hydrogen-bond acceptors (Lipinski definition) is 17. The molecule has 0 bridgehead atoms. The first kappa shape index (κ1) is 56.6. The van der Waals surface area contributed by atoms with Crippen molar-refractivity contribution in [2.45, 2.75) is 31.5 Å². The molecule has 2 aliphatic heterocycles. The normalized spacial score (nSPS) is 19.6. The van der Waals surface area contributed by atoms with Crippen molar-refractivity contribution >= 4 is 41.9 Å². The summed E-state index contributed by atoms with van der Waals surface area (Å²) >= 11 is 0. The second kappa shape index (κ2) is 30.6. The Kier molecular flexibility index (Phi) is 26.6. The molecule has 2 saturated heterocycles. The fraction of sp³-hybridized carbons (Fsp3) is 0.775. The SMILES string of the molecule is C=C1CCCN(CC(O)CN(CCN(CC(=O)O)CC(O)CN2CCN(CC(=O)O)CCN(C(=O)O)CCN(CC(=O)O)CC2)CC(=O)O)CCN(CC(=O)O)CCN(CC(=O)O)CC1. The highest BCUT2D eigenvalue weighted by Crippen LogP contribution is 2.12. The van der Waals surface area contributed by atoms with Crippen molar-refractivity contribution in [2.24, 2.45) is 0 Å². The Hall–Kier alpha value is -4.57. The maximum Gasteiger partial charge on any atom is 0.407 e. The summed E-state index contributed by atoms with van der Waals surface area (Å²) < 4.78 is 0. The molecule has 2 aliphatic rings. The molecule has 2 heterocycles. The minimum atomic E-state index is -1.23. The van der Waals surface area contributed by atoms with Crippen LogP contribution in [0.2, 0.25) is 0 Å². The Morgan fingerprint density at radius 1 is 0.446 bits per heavy atom. The second-order valence-electron chi connectivity index (χ2n) is 16.7. The van der Waals surface area contributed by atoms with Crippen molar-refractivity contribution in [3.8, 4) is 0 Å². The quantitative estimate of drug-likeness (QED) is 0.0447. The zero-order valence-corrected chi connectivity index (χ0v) is 37.3. The van der Waals surface area contributed by atoms with Gasteiger partial charge in [0.2, 0.25) is 0 Å². The smallest absolute Gasteiger partial charge is 0.407 e. The summed E-state index contributed by atoms with van der Waals surface area (Å²) in [7, 11) is 0. The first-order valence-corrected chi connectivity index (χ1v) is 21.8. The lowest BCUT2D eigenvalue weighted by atomic mass is 10.1. The predicted molar refractivity (Wildman–Crippen MR) is 232 cm³/mol. The number of aliphatic carboxylic acids is 6. The Morgan fingerprint density at radius 3 is 1.11 bits per heavy atom. The van der Waals surface area contributed by atoms with Crippen LogP contribution in [-0.4, -0.2) is 314 Å². The highest BCUT2D eigenvalue weighted by molar-refractivity contribution is 5.71. The summed E-state index contributed by atoms with van der Waals surface area (Å²) in [5, 5.41) is 89.7. The summed E-state index contributed by atoms with van der Waals surface area (Å²) in [6.45, 7) is 4.77. The molecule has 2 fully saturated rings. The molecule has 25 nitrogen and oxygen atoms in total. The Bertz CT molecular complexity index is 1510. The van der Waals surface area contributed by atoms with Crippen LogP contribution >= 0.6 is 0 Å². The summed E-state index contributed by atoms with van der Waals surface area (Å²) in [6, 6.07) is 0. The van der Waals surface area contributed by atoms with Crippen molar-refractivity contribution in [1.82, 2.24) is 44.1 Å². The van der Waals surface area contributed by atoms with Crippen molar-refractivity contribution in [3.05, 3.63) is 12.2 Å². The Labute approximate surface area is 378 Å². The Balaban J connectivity index is 2.16. The number of aliphatic hydroxyl groups is 2. The van der Waals surface area contributed by atoms with Crippen molar-refractivity contribution in [2.75, 3.05) is 170 Å². The van der Waals surface area contributed by atoms with Crippen LogP contribution in [-0.2, 0) is 28.8 Å². The number of amides is 1. The molecule has 0 saturated carbocycles. The van der Waals surface area contributed by atoms with E-state index in [2.05, 4.69) is 6.58 Å². The van der Waals surface area contributed by atoms with E-state index in [4.69, 9.17) is 0 Å². The van der Waals surface area contributed by atoms with Gasteiger partial charge in [-0.15, -0.1) is 0 Å². The first-order valence-electron chi connectivity index (χ1n) is 21.8. The molecule has 0 aromatic carbocycles. The largest absolute Gasteiger partial charge is 0.480 e. The lowest BCUT2D eigenvalue weighted by molar-refractivity contribution is -0.140. The van der Waals surface area contributed by atoms with Crippen molar-refractivity contribution < 1.29 is 79.5 Å². The van der Waals surface area contributed by atoms with Crippen molar-refractivity contribution in [3.63, 3.8) is 0 Å². The molecule has 0 aromatic rings. The number of aliphatic hydroxyl groups excluding tert-OH is 2. The van der Waals surface area contributed by atoms with E-state index < -0.39 is 67.2 Å². The van der Waals surface area contributed by atoms with E-state index in [1.165, 1.54) is 9.80 Å². The maximum atomic E-state index is 11.9. The highest BCUT2D eigenvalue weighted by Gasteiger charge is 2.25. The molecule has 0 spiro atoms. The molecule has 2 atom stereocenters. The summed E-state index contributed by atoms with van der Waals surface area (Å²) in [5.41, 5.74) is 0.922. The van der Waals surface area contributed by atoms with Gasteiger partial charge < -0.3 is 50.9 Å². The summed E-state index contributed by atoms with van der Waals surface area (Å²) in [5.74, 6) is -6.69. The van der Waals surface area contributed by atoms with Crippen LogP contribution in [0.5, 0.6) is 0 Å². The van der Waals surface area contributed by atoms with Crippen LogP contribution in [0.4, 0.5) is 4.79 Å². The van der Waals surface area contributed by atoms with Crippen LogP contribution in [0, 0.1) is 0 Å². The number of carboxylic acid groups (broad SMARTS) is 7. The van der Waals surface area contributed by atoms with E-state index in [-0.39, 0.29) is 118 Å². The minimum Gasteiger partial charge on any atom is -0.480 e. The number of nitrogens with zero attached hydrogens (tertiary/aromatic N) is 9. The fourth-order valence-corrected chi connectivity index (χ4v) is 7.83. The molecule has 65 heavy (non-hydrogen) atoms. The third kappa shape index (κ3) is 26.9. The average molecular weight is 934 g/mol. The van der Waals surface area contributed by atoms with Crippen molar-refractivity contribution in [1.29, 1.82) is 0 Å². The van der Waals surface area contributed by atoms with Crippen LogP contribution in [0.25, 0.3) is 0 Å². The molecule has 0 aliphatic carbocycles. The van der Waals surface area contributed by atoms with Gasteiger partial charge in [0.05, 0.1) is 51.5 Å². The zero-order valence-electron chi connectivity index (χ0n) is 37.3. The minimum absolute atomic E-state index is 0.00616. The van der Waals surface area contributed by atoms with Gasteiger partial charge >= 0.3 is 41.9 Å². The lowest BCUT2D eigenvalue weighted by Gasteiger charge is -2.34. The molecular weight excluding hydrogens is 862 g/mol. The van der Waals surface area contributed by atoms with Gasteiger partial charge in [0, 0.05) is 124 Å². The number of hydrogen-bond donors (Lipinski definition) is 9. The van der Waals surface area contributed by atoms with E-state index in [1.807, 2.05) is 4.90 Å². The molecule has 372 valence electrons. The molecule has 0 radical (unpaired) electrons. The van der Waals surface area contributed by atoms with Crippen LogP contribution in [0.15, 0.2) is 12.2 Å². The number of rotatable bonds is 23. The third-order valence-electron chi connectivity index (χ3n) is 11.1. The summed E-state index contributed by atoms with van der Waals surface area (Å²) in [6.07, 6.45) is -1.62. The maximum absolute atomic E-state index is 11.9. The van der Waals surface area contributed by atoms with Gasteiger partial charge in [0.25, 0.3) is 0 Å². The third-order valence-corrected chi connectivity index (χ3v) is 11.1. The monoisotopic (exact) mass is 934 g/mol. The highest BCUT2D eigenvalue weighted by atomic mass is 16.4. The zero-order chi connectivity index (χ0) is 48.5. The molecular formula is C40H71N9O16. The second-order valence-corrected chi connectivity index (χ2v) is 16.7. The van der Waals surface area contributed by atoms with E-state index in [1.54, 1.807) is 24.5 Å². The molecule has 2 rings (SSSR count). The van der Waals surface area contributed by atoms with Gasteiger partial charge in [0.15, 0.2) is 0 Å². The standard InChI is InChI=1S/C40H71N9O16/c1-31-3-2-5-41(7-11-44(26-35(54)55)12-8-42(6-4-31)25-34(52)53)21-32(50)23-47(29-38(60)61)15-16-48(30-39(62)63)24-33(51)22-43-9-13-45(27-36(56)57)17-19-49(40(64)65)20-18-46(14-10-43)28-37(58)59/h32-33,50-51H,1-30H2,(H,52,53)(H,54,55)(H,56,57)(H,58,59)(H,60,61)(H,62,63)(H,64,65). The molecule has 9 N–H and O–H groups in total. The van der Waals surface area contributed by atoms with E-state index in [0.29, 0.717) is 58.5 Å². The van der Waals surface area contributed by atoms with Gasteiger partial charge in [-0.2, -0.15) is 0 Å². The van der Waals surface area contributed by atoms with E-state index in [0.717, 1.165) is 10.5 Å². The van der Waals surface area contributed by atoms with Crippen LogP contribution < -0.4 is 0 Å². The van der Waals surface area contributed by atoms with E-state index >= 15 is 0 Å². The van der Waals surface area contributed by atoms with Gasteiger partial charge in [0.1, 0.15) is 0 Å². The molecule has 0 aromatic heterocycles. The average Bonchev–Trinajstić information content (AvgIpc) is 3.19. The van der Waals surface area contributed by atoms with Gasteiger partial charge in [-0.1, -0.05) is 12.2 Å². The number of β-amino-alcohol motifs (C(OH)–C–C–N with tert-alkyl or cyclic N) is 2.